The van der Waals surface area contributed by atoms with Gasteiger partial charge < -0.3 is 9.80 Å². The summed E-state index contributed by atoms with van der Waals surface area (Å²) in [6.45, 7) is 4.87. The molecule has 5 heteroatoms. The SMILES string of the molecule is CC1CCN(c2ccc(N3C[C@@H](C(=O)Cl)CC3=O)cc2)CC1. The fraction of sp³-hybridized carbons (Fsp3) is 0.529. The first-order valence-electron chi connectivity index (χ1n) is 7.89. The molecule has 3 rings (SSSR count). The highest BCUT2D eigenvalue weighted by molar-refractivity contribution is 6.64. The van der Waals surface area contributed by atoms with Gasteiger partial charge in [-0.05, 0) is 54.6 Å². The van der Waals surface area contributed by atoms with E-state index in [1.54, 1.807) is 4.90 Å². The number of halogens is 1. The second kappa shape index (κ2) is 6.29. The Kier molecular flexibility index (Phi) is 4.39. The number of nitrogens with zero attached hydrogens (tertiary/aromatic N) is 2. The van der Waals surface area contributed by atoms with Crippen LogP contribution >= 0.6 is 11.6 Å². The summed E-state index contributed by atoms with van der Waals surface area (Å²) in [6, 6.07) is 8.06. The number of benzene rings is 1. The highest BCUT2D eigenvalue weighted by atomic mass is 35.5. The van der Waals surface area contributed by atoms with Crippen molar-refractivity contribution >= 4 is 34.1 Å². The predicted molar refractivity (Wildman–Crippen MR) is 88.4 cm³/mol. The molecule has 0 bridgehead atoms. The van der Waals surface area contributed by atoms with E-state index in [9.17, 15) is 9.59 Å². The average Bonchev–Trinajstić information content (AvgIpc) is 2.91. The Labute approximate surface area is 136 Å². The van der Waals surface area contributed by atoms with Gasteiger partial charge in [-0.15, -0.1) is 0 Å². The fourth-order valence-electron chi connectivity index (χ4n) is 3.22. The van der Waals surface area contributed by atoms with Crippen LogP contribution in [0.1, 0.15) is 26.2 Å². The zero-order chi connectivity index (χ0) is 15.7. The molecule has 2 fully saturated rings. The number of rotatable bonds is 3. The van der Waals surface area contributed by atoms with Crippen LogP contribution in [0, 0.1) is 11.8 Å². The van der Waals surface area contributed by atoms with Crippen molar-refractivity contribution < 1.29 is 9.59 Å². The summed E-state index contributed by atoms with van der Waals surface area (Å²) < 4.78 is 0. The Morgan fingerprint density at radius 3 is 2.27 bits per heavy atom. The molecule has 0 spiro atoms. The van der Waals surface area contributed by atoms with Crippen LogP contribution in [0.2, 0.25) is 0 Å². The molecule has 1 atom stereocenters. The van der Waals surface area contributed by atoms with Gasteiger partial charge in [0.25, 0.3) is 0 Å². The monoisotopic (exact) mass is 320 g/mol. The lowest BCUT2D eigenvalue weighted by Gasteiger charge is -2.32. The molecule has 118 valence electrons. The molecule has 2 aliphatic heterocycles. The lowest BCUT2D eigenvalue weighted by molar-refractivity contribution is -0.120. The van der Waals surface area contributed by atoms with E-state index in [4.69, 9.17) is 11.6 Å². The van der Waals surface area contributed by atoms with Crippen LogP contribution in [0.5, 0.6) is 0 Å². The highest BCUT2D eigenvalue weighted by Crippen LogP contribution is 2.29. The van der Waals surface area contributed by atoms with E-state index in [-0.39, 0.29) is 18.2 Å². The molecule has 1 amide bonds. The average molecular weight is 321 g/mol. The van der Waals surface area contributed by atoms with Crippen LogP contribution in [0.15, 0.2) is 24.3 Å². The van der Waals surface area contributed by atoms with Crippen molar-refractivity contribution in [2.75, 3.05) is 29.4 Å². The first-order chi connectivity index (χ1) is 10.5. The molecule has 0 aliphatic carbocycles. The van der Waals surface area contributed by atoms with Gasteiger partial charge in [0.2, 0.25) is 11.1 Å². The Morgan fingerprint density at radius 1 is 1.14 bits per heavy atom. The third kappa shape index (κ3) is 3.12. The number of carbonyl (C=O) groups excluding carboxylic acids is 2. The molecule has 0 aromatic heterocycles. The number of piperidine rings is 1. The van der Waals surface area contributed by atoms with E-state index in [0.717, 1.165) is 24.7 Å². The molecule has 0 radical (unpaired) electrons. The maximum atomic E-state index is 12.0. The Balaban J connectivity index is 1.69. The van der Waals surface area contributed by atoms with Gasteiger partial charge in [-0.3, -0.25) is 9.59 Å². The lowest BCUT2D eigenvalue weighted by Crippen LogP contribution is -2.32. The molecule has 22 heavy (non-hydrogen) atoms. The van der Waals surface area contributed by atoms with Gasteiger partial charge in [-0.2, -0.15) is 0 Å². The van der Waals surface area contributed by atoms with Crippen LogP contribution in [-0.4, -0.2) is 30.8 Å². The summed E-state index contributed by atoms with van der Waals surface area (Å²) in [7, 11) is 0. The van der Waals surface area contributed by atoms with Crippen LogP contribution in [0.25, 0.3) is 0 Å². The van der Waals surface area contributed by atoms with Gasteiger partial charge in [0.1, 0.15) is 0 Å². The standard InChI is InChI=1S/C17H21ClN2O2/c1-12-6-8-19(9-7-12)14-2-4-15(5-3-14)20-11-13(17(18)22)10-16(20)21/h2-5,12-13H,6-11H2,1H3/t13-/m0/s1. The largest absolute Gasteiger partial charge is 0.372 e. The van der Waals surface area contributed by atoms with Gasteiger partial charge in [0, 0.05) is 37.4 Å². The second-order valence-corrected chi connectivity index (χ2v) is 6.77. The second-order valence-electron chi connectivity index (χ2n) is 6.40. The maximum Gasteiger partial charge on any atom is 0.227 e. The Hall–Kier alpha value is -1.55. The normalized spacial score (nSPS) is 23.2. The van der Waals surface area contributed by atoms with Crippen molar-refractivity contribution in [2.24, 2.45) is 11.8 Å². The molecule has 0 saturated carbocycles. The van der Waals surface area contributed by atoms with E-state index in [0.29, 0.717) is 6.54 Å². The summed E-state index contributed by atoms with van der Waals surface area (Å²) in [5, 5.41) is -0.421. The molecule has 1 aromatic carbocycles. The fourth-order valence-corrected chi connectivity index (χ4v) is 3.37. The van der Waals surface area contributed by atoms with E-state index >= 15 is 0 Å². The smallest absolute Gasteiger partial charge is 0.227 e. The summed E-state index contributed by atoms with van der Waals surface area (Å²) in [5.74, 6) is 0.402. The first-order valence-corrected chi connectivity index (χ1v) is 8.27. The number of hydrogen-bond acceptors (Lipinski definition) is 3. The molecular formula is C17H21ClN2O2. The third-order valence-corrected chi connectivity index (χ3v) is 5.06. The molecule has 0 unspecified atom stereocenters. The van der Waals surface area contributed by atoms with Crippen molar-refractivity contribution in [3.63, 3.8) is 0 Å². The summed E-state index contributed by atoms with van der Waals surface area (Å²) in [6.07, 6.45) is 2.67. The predicted octanol–water partition coefficient (Wildman–Crippen LogP) is 3.04. The highest BCUT2D eigenvalue weighted by Gasteiger charge is 2.34. The molecule has 2 heterocycles. The third-order valence-electron chi connectivity index (χ3n) is 4.76. The van der Waals surface area contributed by atoms with Gasteiger partial charge in [0.15, 0.2) is 0 Å². The molecule has 0 N–H and O–H groups in total. The van der Waals surface area contributed by atoms with Crippen molar-refractivity contribution in [1.82, 2.24) is 0 Å². The quantitative estimate of drug-likeness (QED) is 0.804. The van der Waals surface area contributed by atoms with Crippen LogP contribution in [0.4, 0.5) is 11.4 Å². The molecule has 1 aromatic rings. The minimum Gasteiger partial charge on any atom is -0.372 e. The number of hydrogen-bond donors (Lipinski definition) is 0. The topological polar surface area (TPSA) is 40.6 Å². The van der Waals surface area contributed by atoms with E-state index in [1.165, 1.54) is 18.5 Å². The van der Waals surface area contributed by atoms with Gasteiger partial charge in [-0.1, -0.05) is 6.92 Å². The van der Waals surface area contributed by atoms with Gasteiger partial charge in [0.05, 0.1) is 5.92 Å². The minimum atomic E-state index is -0.421. The zero-order valence-electron chi connectivity index (χ0n) is 12.8. The summed E-state index contributed by atoms with van der Waals surface area (Å²) >= 11 is 5.52. The zero-order valence-corrected chi connectivity index (χ0v) is 13.6. The van der Waals surface area contributed by atoms with E-state index in [2.05, 4.69) is 24.0 Å². The molecule has 2 aliphatic rings. The number of anilines is 2. The maximum absolute atomic E-state index is 12.0. The van der Waals surface area contributed by atoms with Crippen molar-refractivity contribution in [3.05, 3.63) is 24.3 Å². The lowest BCUT2D eigenvalue weighted by atomic mass is 9.99. The first kappa shape index (κ1) is 15.3. The van der Waals surface area contributed by atoms with Crippen LogP contribution in [-0.2, 0) is 9.59 Å². The minimum absolute atomic E-state index is 0.0291. The Morgan fingerprint density at radius 2 is 1.73 bits per heavy atom. The van der Waals surface area contributed by atoms with Crippen molar-refractivity contribution in [2.45, 2.75) is 26.2 Å². The van der Waals surface area contributed by atoms with E-state index < -0.39 is 5.24 Å². The van der Waals surface area contributed by atoms with Crippen molar-refractivity contribution in [1.29, 1.82) is 0 Å². The van der Waals surface area contributed by atoms with E-state index in [1.807, 2.05) is 12.1 Å². The Bertz CT molecular complexity index is 565. The molecular weight excluding hydrogens is 300 g/mol. The van der Waals surface area contributed by atoms with Gasteiger partial charge >= 0.3 is 0 Å². The summed E-state index contributed by atoms with van der Waals surface area (Å²) in [5.41, 5.74) is 2.05. The van der Waals surface area contributed by atoms with Crippen molar-refractivity contribution in [3.8, 4) is 0 Å². The summed E-state index contributed by atoms with van der Waals surface area (Å²) in [4.78, 5) is 27.3. The van der Waals surface area contributed by atoms with Gasteiger partial charge in [-0.25, -0.2) is 0 Å². The molecule has 4 nitrogen and oxygen atoms in total. The number of carbonyl (C=O) groups is 2. The number of amides is 1. The van der Waals surface area contributed by atoms with Crippen LogP contribution in [0.3, 0.4) is 0 Å². The molecule has 2 saturated heterocycles. The van der Waals surface area contributed by atoms with Crippen LogP contribution < -0.4 is 9.80 Å².